The molecular formula is C5H8O4. The van der Waals surface area contributed by atoms with E-state index >= 15 is 0 Å². The van der Waals surface area contributed by atoms with Gasteiger partial charge < -0.3 is 14.9 Å². The van der Waals surface area contributed by atoms with Gasteiger partial charge in [-0.05, 0) is 0 Å². The lowest BCUT2D eigenvalue weighted by Crippen LogP contribution is -2.18. The lowest BCUT2D eigenvalue weighted by molar-refractivity contribution is -0.147. The van der Waals surface area contributed by atoms with Crippen LogP contribution in [0.4, 0.5) is 0 Å². The average molecular weight is 132 g/mol. The first kappa shape index (κ1) is 6.51. The van der Waals surface area contributed by atoms with Gasteiger partial charge in [-0.15, -0.1) is 0 Å². The summed E-state index contributed by atoms with van der Waals surface area (Å²) in [4.78, 5) is 10.1. The Morgan fingerprint density at radius 3 is 2.56 bits per heavy atom. The van der Waals surface area contributed by atoms with E-state index in [2.05, 4.69) is 4.74 Å². The van der Waals surface area contributed by atoms with Crippen molar-refractivity contribution in [3.8, 4) is 0 Å². The summed E-state index contributed by atoms with van der Waals surface area (Å²) in [6, 6.07) is 0. The lowest BCUT2D eigenvalue weighted by Gasteiger charge is -1.98. The fourth-order valence-electron chi connectivity index (χ4n) is 0.783. The molecule has 0 aliphatic carbocycles. The van der Waals surface area contributed by atoms with Crippen LogP contribution in [0.1, 0.15) is 6.42 Å². The molecule has 0 radical (unpaired) electrons. The third-order valence-electron chi connectivity index (χ3n) is 1.25. The van der Waals surface area contributed by atoms with Crippen LogP contribution in [0.3, 0.4) is 0 Å². The minimum atomic E-state index is -0.994. The molecule has 2 N–H and O–H groups in total. The van der Waals surface area contributed by atoms with Gasteiger partial charge in [-0.1, -0.05) is 0 Å². The molecule has 0 saturated carbocycles. The normalized spacial score (nSPS) is 34.8. The smallest absolute Gasteiger partial charge is 0.332 e. The van der Waals surface area contributed by atoms with E-state index in [-0.39, 0.29) is 13.0 Å². The third-order valence-corrected chi connectivity index (χ3v) is 1.25. The van der Waals surface area contributed by atoms with Crippen molar-refractivity contribution in [2.75, 3.05) is 6.61 Å². The molecule has 0 aromatic heterocycles. The number of rotatable bonds is 1. The summed E-state index contributed by atoms with van der Waals surface area (Å²) in [5.74, 6) is -0.994. The van der Waals surface area contributed by atoms with Gasteiger partial charge in [0.05, 0.1) is 12.7 Å². The first-order valence-corrected chi connectivity index (χ1v) is 2.72. The van der Waals surface area contributed by atoms with E-state index < -0.39 is 18.2 Å². The predicted octanol–water partition coefficient (Wildman–Crippen LogP) is -0.779. The van der Waals surface area contributed by atoms with Gasteiger partial charge in [0.25, 0.3) is 0 Å². The van der Waals surface area contributed by atoms with Gasteiger partial charge in [-0.25, -0.2) is 4.79 Å². The number of carboxylic acid groups (broad SMARTS) is 1. The van der Waals surface area contributed by atoms with Crippen LogP contribution < -0.4 is 0 Å². The van der Waals surface area contributed by atoms with Crippen molar-refractivity contribution in [3.63, 3.8) is 0 Å². The van der Waals surface area contributed by atoms with Gasteiger partial charge in [0, 0.05) is 6.42 Å². The fourth-order valence-corrected chi connectivity index (χ4v) is 0.783. The predicted molar refractivity (Wildman–Crippen MR) is 28.0 cm³/mol. The number of aliphatic carboxylic acids is 1. The maximum absolute atomic E-state index is 10.1. The van der Waals surface area contributed by atoms with E-state index in [1.165, 1.54) is 0 Å². The molecular weight excluding hydrogens is 124 g/mol. The van der Waals surface area contributed by atoms with Crippen molar-refractivity contribution < 1.29 is 19.7 Å². The SMILES string of the molecule is O=C(O)[C@@H]1C[C@@H](O)CO1. The molecule has 0 aromatic rings. The zero-order valence-electron chi connectivity index (χ0n) is 4.78. The Labute approximate surface area is 52.1 Å². The second-order valence-electron chi connectivity index (χ2n) is 2.05. The van der Waals surface area contributed by atoms with Crippen molar-refractivity contribution >= 4 is 5.97 Å². The summed E-state index contributed by atoms with van der Waals surface area (Å²) < 4.78 is 4.68. The number of carboxylic acids is 1. The van der Waals surface area contributed by atoms with Crippen molar-refractivity contribution in [2.24, 2.45) is 0 Å². The van der Waals surface area contributed by atoms with Crippen LogP contribution in [0.15, 0.2) is 0 Å². The Balaban J connectivity index is 2.39. The Hall–Kier alpha value is -0.610. The number of hydrogen-bond donors (Lipinski definition) is 2. The highest BCUT2D eigenvalue weighted by molar-refractivity contribution is 5.72. The zero-order valence-corrected chi connectivity index (χ0v) is 4.78. The number of ether oxygens (including phenoxy) is 1. The average Bonchev–Trinajstić information content (AvgIpc) is 2.14. The molecule has 2 atom stereocenters. The molecule has 1 saturated heterocycles. The standard InChI is InChI=1S/C5H8O4/c6-3-1-4(5(7)8)9-2-3/h3-4,6H,1-2H2,(H,7,8)/t3-,4+/m1/s1. The molecule has 1 aliphatic rings. The van der Waals surface area contributed by atoms with Gasteiger partial charge in [-0.2, -0.15) is 0 Å². The summed E-state index contributed by atoms with van der Waals surface area (Å²) in [6.07, 6.45) is -1.17. The molecule has 4 heteroatoms. The summed E-state index contributed by atoms with van der Waals surface area (Å²) in [7, 11) is 0. The van der Waals surface area contributed by atoms with Crippen LogP contribution >= 0.6 is 0 Å². The highest BCUT2D eigenvalue weighted by Gasteiger charge is 2.28. The van der Waals surface area contributed by atoms with Gasteiger partial charge in [0.2, 0.25) is 0 Å². The van der Waals surface area contributed by atoms with E-state index in [0.717, 1.165) is 0 Å². The Morgan fingerprint density at radius 2 is 2.33 bits per heavy atom. The van der Waals surface area contributed by atoms with Crippen molar-refractivity contribution in [3.05, 3.63) is 0 Å². The Kier molecular flexibility index (Phi) is 1.68. The largest absolute Gasteiger partial charge is 0.479 e. The monoisotopic (exact) mass is 132 g/mol. The van der Waals surface area contributed by atoms with Crippen molar-refractivity contribution in [1.29, 1.82) is 0 Å². The first-order valence-electron chi connectivity index (χ1n) is 2.72. The summed E-state index contributed by atoms with van der Waals surface area (Å²) >= 11 is 0. The van der Waals surface area contributed by atoms with E-state index in [1.807, 2.05) is 0 Å². The van der Waals surface area contributed by atoms with Gasteiger partial charge >= 0.3 is 5.97 Å². The maximum Gasteiger partial charge on any atom is 0.332 e. The highest BCUT2D eigenvalue weighted by atomic mass is 16.5. The Bertz CT molecular complexity index is 122. The minimum Gasteiger partial charge on any atom is -0.479 e. The lowest BCUT2D eigenvalue weighted by atomic mass is 10.2. The molecule has 0 bridgehead atoms. The summed E-state index contributed by atoms with van der Waals surface area (Å²) in [6.45, 7) is 0.150. The van der Waals surface area contributed by atoms with E-state index in [0.29, 0.717) is 0 Å². The molecule has 1 aliphatic heterocycles. The summed E-state index contributed by atoms with van der Waals surface area (Å²) in [5, 5.41) is 17.1. The molecule has 1 fully saturated rings. The molecule has 4 nitrogen and oxygen atoms in total. The molecule has 1 heterocycles. The molecule has 0 aromatic carbocycles. The van der Waals surface area contributed by atoms with Crippen LogP contribution in [0, 0.1) is 0 Å². The zero-order chi connectivity index (χ0) is 6.85. The number of aliphatic hydroxyl groups excluding tert-OH is 1. The molecule has 0 amide bonds. The molecule has 52 valence electrons. The quantitative estimate of drug-likeness (QED) is 0.491. The minimum absolute atomic E-state index is 0.150. The van der Waals surface area contributed by atoms with Crippen molar-refractivity contribution in [1.82, 2.24) is 0 Å². The van der Waals surface area contributed by atoms with Gasteiger partial charge in [0.1, 0.15) is 0 Å². The van der Waals surface area contributed by atoms with Crippen LogP contribution in [-0.2, 0) is 9.53 Å². The van der Waals surface area contributed by atoms with Crippen LogP contribution in [0.5, 0.6) is 0 Å². The van der Waals surface area contributed by atoms with Crippen molar-refractivity contribution in [2.45, 2.75) is 18.6 Å². The van der Waals surface area contributed by atoms with Crippen LogP contribution in [0.2, 0.25) is 0 Å². The van der Waals surface area contributed by atoms with E-state index in [9.17, 15) is 4.79 Å². The van der Waals surface area contributed by atoms with E-state index in [4.69, 9.17) is 10.2 Å². The van der Waals surface area contributed by atoms with Gasteiger partial charge in [-0.3, -0.25) is 0 Å². The Morgan fingerprint density at radius 1 is 1.67 bits per heavy atom. The maximum atomic E-state index is 10.1. The molecule has 0 spiro atoms. The number of carbonyl (C=O) groups is 1. The number of aliphatic hydroxyl groups is 1. The second kappa shape index (κ2) is 2.33. The van der Waals surface area contributed by atoms with Crippen LogP contribution in [0.25, 0.3) is 0 Å². The first-order chi connectivity index (χ1) is 4.20. The highest BCUT2D eigenvalue weighted by Crippen LogP contribution is 2.12. The molecule has 1 rings (SSSR count). The van der Waals surface area contributed by atoms with Gasteiger partial charge in [0.15, 0.2) is 6.10 Å². The van der Waals surface area contributed by atoms with Crippen LogP contribution in [-0.4, -0.2) is 35.0 Å². The fraction of sp³-hybridized carbons (Fsp3) is 0.800. The second-order valence-corrected chi connectivity index (χ2v) is 2.05. The topological polar surface area (TPSA) is 66.8 Å². The number of hydrogen-bond acceptors (Lipinski definition) is 3. The molecule has 9 heavy (non-hydrogen) atoms. The van der Waals surface area contributed by atoms with E-state index in [1.54, 1.807) is 0 Å². The summed E-state index contributed by atoms with van der Waals surface area (Å²) in [5.41, 5.74) is 0. The third kappa shape index (κ3) is 1.40. The molecule has 0 unspecified atom stereocenters.